The number of benzene rings is 2. The first kappa shape index (κ1) is 21.5. The number of hydrogen-bond acceptors (Lipinski definition) is 4. The van der Waals surface area contributed by atoms with Crippen molar-refractivity contribution in [3.8, 4) is 11.5 Å². The molecule has 164 valence electrons. The number of halogens is 2. The van der Waals surface area contributed by atoms with E-state index in [1.165, 1.54) is 6.07 Å². The molecule has 5 nitrogen and oxygen atoms in total. The molecule has 0 aromatic heterocycles. The van der Waals surface area contributed by atoms with Gasteiger partial charge in [0.25, 0.3) is 5.79 Å². The summed E-state index contributed by atoms with van der Waals surface area (Å²) < 4.78 is 32.2. The van der Waals surface area contributed by atoms with Crippen LogP contribution in [-0.4, -0.2) is 29.7 Å². The van der Waals surface area contributed by atoms with Crippen LogP contribution >= 0.6 is 11.6 Å². The minimum absolute atomic E-state index is 0.271. The van der Waals surface area contributed by atoms with E-state index < -0.39 is 17.2 Å². The van der Waals surface area contributed by atoms with Crippen molar-refractivity contribution in [2.45, 2.75) is 45.5 Å². The Morgan fingerprint density at radius 2 is 2.00 bits per heavy atom. The molecular formula is C24H25ClFNO4. The number of nitrogens with zero attached hydrogens (tertiary/aromatic N) is 1. The Kier molecular flexibility index (Phi) is 5.38. The van der Waals surface area contributed by atoms with Gasteiger partial charge in [0.05, 0.1) is 5.56 Å². The smallest absolute Gasteiger partial charge is 0.410 e. The number of fused-ring (bicyclic) bond motifs is 1. The first-order valence-corrected chi connectivity index (χ1v) is 10.6. The van der Waals surface area contributed by atoms with Crippen LogP contribution < -0.4 is 9.47 Å². The highest BCUT2D eigenvalue weighted by Gasteiger charge is 2.42. The van der Waals surface area contributed by atoms with Crippen molar-refractivity contribution < 1.29 is 23.4 Å². The van der Waals surface area contributed by atoms with E-state index in [2.05, 4.69) is 0 Å². The lowest BCUT2D eigenvalue weighted by Gasteiger charge is -2.30. The molecule has 4 rings (SSSR count). The average molecular weight is 446 g/mol. The highest BCUT2D eigenvalue weighted by molar-refractivity contribution is 6.30. The molecule has 1 atom stereocenters. The zero-order valence-electron chi connectivity index (χ0n) is 18.0. The molecule has 0 radical (unpaired) electrons. The molecule has 2 heterocycles. The van der Waals surface area contributed by atoms with Crippen LogP contribution in [0, 0.1) is 5.82 Å². The molecule has 2 aromatic carbocycles. The van der Waals surface area contributed by atoms with Crippen molar-refractivity contribution in [1.29, 1.82) is 0 Å². The quantitative estimate of drug-likeness (QED) is 0.556. The van der Waals surface area contributed by atoms with Gasteiger partial charge in [0.15, 0.2) is 11.5 Å². The number of carbonyl (C=O) groups excluding carboxylic acids is 1. The Morgan fingerprint density at radius 3 is 2.65 bits per heavy atom. The van der Waals surface area contributed by atoms with Crippen molar-refractivity contribution in [3.05, 3.63) is 64.4 Å². The summed E-state index contributed by atoms with van der Waals surface area (Å²) in [7, 11) is 0. The maximum Gasteiger partial charge on any atom is 0.410 e. The molecule has 1 amide bonds. The Bertz CT molecular complexity index is 1060. The van der Waals surface area contributed by atoms with Gasteiger partial charge in [0, 0.05) is 30.6 Å². The van der Waals surface area contributed by atoms with Crippen molar-refractivity contribution in [1.82, 2.24) is 4.90 Å². The number of hydrogen-bond donors (Lipinski definition) is 0. The number of rotatable bonds is 2. The molecular weight excluding hydrogens is 421 g/mol. The minimum Gasteiger partial charge on any atom is -0.444 e. The van der Waals surface area contributed by atoms with Crippen molar-refractivity contribution in [3.63, 3.8) is 0 Å². The lowest BCUT2D eigenvalue weighted by Crippen LogP contribution is -2.39. The van der Waals surface area contributed by atoms with Gasteiger partial charge in [-0.3, -0.25) is 0 Å². The van der Waals surface area contributed by atoms with Crippen LogP contribution in [0.25, 0.3) is 5.57 Å². The third-order valence-electron chi connectivity index (χ3n) is 5.21. The summed E-state index contributed by atoms with van der Waals surface area (Å²) in [4.78, 5) is 14.0. The van der Waals surface area contributed by atoms with Gasteiger partial charge in [-0.15, -0.1) is 0 Å². The predicted molar refractivity (Wildman–Crippen MR) is 117 cm³/mol. The van der Waals surface area contributed by atoms with E-state index in [-0.39, 0.29) is 11.7 Å². The van der Waals surface area contributed by atoms with E-state index in [0.29, 0.717) is 36.0 Å². The molecule has 2 aliphatic rings. The zero-order valence-corrected chi connectivity index (χ0v) is 18.8. The summed E-state index contributed by atoms with van der Waals surface area (Å²) in [6.07, 6.45) is 2.31. The molecule has 0 spiro atoms. The van der Waals surface area contributed by atoms with Crippen molar-refractivity contribution in [2.75, 3.05) is 13.1 Å². The third-order valence-corrected chi connectivity index (χ3v) is 5.44. The van der Waals surface area contributed by atoms with Gasteiger partial charge in [0.1, 0.15) is 11.4 Å². The van der Waals surface area contributed by atoms with Gasteiger partial charge in [-0.25, -0.2) is 9.18 Å². The number of amides is 1. The molecule has 0 aliphatic carbocycles. The largest absolute Gasteiger partial charge is 0.444 e. The molecule has 0 fully saturated rings. The predicted octanol–water partition coefficient (Wildman–Crippen LogP) is 6.15. The first-order valence-electron chi connectivity index (χ1n) is 10.2. The van der Waals surface area contributed by atoms with Crippen molar-refractivity contribution >= 4 is 23.3 Å². The van der Waals surface area contributed by atoms with Crippen LogP contribution in [0.15, 0.2) is 42.5 Å². The van der Waals surface area contributed by atoms with Gasteiger partial charge in [0.2, 0.25) is 0 Å². The molecule has 0 bridgehead atoms. The monoisotopic (exact) mass is 445 g/mol. The Morgan fingerprint density at radius 1 is 1.23 bits per heavy atom. The van der Waals surface area contributed by atoms with Gasteiger partial charge >= 0.3 is 6.09 Å². The molecule has 0 saturated heterocycles. The second-order valence-corrected chi connectivity index (χ2v) is 9.25. The molecule has 0 N–H and O–H groups in total. The van der Waals surface area contributed by atoms with Gasteiger partial charge in [-0.2, -0.15) is 0 Å². The summed E-state index contributed by atoms with van der Waals surface area (Å²) in [5, 5.41) is 0.308. The maximum absolute atomic E-state index is 14.6. The molecule has 31 heavy (non-hydrogen) atoms. The Balaban J connectivity index is 1.57. The summed E-state index contributed by atoms with van der Waals surface area (Å²) in [5.74, 6) is -0.680. The van der Waals surface area contributed by atoms with E-state index in [0.717, 1.165) is 11.1 Å². The number of ether oxygens (including phenoxy) is 3. The van der Waals surface area contributed by atoms with Gasteiger partial charge in [-0.1, -0.05) is 29.8 Å². The highest BCUT2D eigenvalue weighted by Crippen LogP contribution is 2.49. The van der Waals surface area contributed by atoms with E-state index in [1.807, 2.05) is 39.0 Å². The zero-order chi connectivity index (χ0) is 22.4. The van der Waals surface area contributed by atoms with E-state index >= 15 is 0 Å². The normalized spacial score (nSPS) is 20.5. The lowest BCUT2D eigenvalue weighted by molar-refractivity contribution is -0.0708. The highest BCUT2D eigenvalue weighted by atomic mass is 35.5. The molecule has 0 unspecified atom stereocenters. The molecule has 7 heteroatoms. The van der Waals surface area contributed by atoms with E-state index in [4.69, 9.17) is 25.8 Å². The van der Waals surface area contributed by atoms with Crippen molar-refractivity contribution in [2.24, 2.45) is 0 Å². The molecule has 2 aliphatic heterocycles. The fourth-order valence-electron chi connectivity index (χ4n) is 3.75. The summed E-state index contributed by atoms with van der Waals surface area (Å²) in [6.45, 7) is 8.21. The Labute approximate surface area is 186 Å². The number of para-hydroxylation sites is 1. The van der Waals surface area contributed by atoms with Crippen LogP contribution in [0.5, 0.6) is 11.5 Å². The van der Waals surface area contributed by atoms with Crippen LogP contribution in [0.2, 0.25) is 5.02 Å². The first-order chi connectivity index (χ1) is 14.6. The SMILES string of the molecule is CC(C)(C)OC(=O)N1CC=C(c2cccc3c2O[C@@](C)(c2ccc(Cl)cc2F)O3)CC1. The summed E-state index contributed by atoms with van der Waals surface area (Å²) >= 11 is 5.89. The minimum atomic E-state index is -1.30. The molecule has 0 saturated carbocycles. The molecule has 2 aromatic rings. The van der Waals surface area contributed by atoms with E-state index in [1.54, 1.807) is 30.0 Å². The average Bonchev–Trinajstić information content (AvgIpc) is 3.03. The second kappa shape index (κ2) is 7.75. The third kappa shape index (κ3) is 4.35. The Hall–Kier alpha value is -2.73. The van der Waals surface area contributed by atoms with Crippen LogP contribution in [0.4, 0.5) is 9.18 Å². The van der Waals surface area contributed by atoms with Crippen LogP contribution in [-0.2, 0) is 10.5 Å². The lowest BCUT2D eigenvalue weighted by atomic mass is 9.98. The fourth-order valence-corrected chi connectivity index (χ4v) is 3.91. The topological polar surface area (TPSA) is 48.0 Å². The standard InChI is InChI=1S/C24H25ClFNO4/c1-23(2,3)31-22(28)27-12-10-15(11-13-27)17-6-5-7-20-21(17)30-24(4,29-20)18-9-8-16(25)14-19(18)26/h5-10,14H,11-13H2,1-4H3/t24-/m0/s1. The maximum atomic E-state index is 14.6. The summed E-state index contributed by atoms with van der Waals surface area (Å²) in [5.41, 5.74) is 1.65. The van der Waals surface area contributed by atoms with Gasteiger partial charge in [-0.05, 0) is 57.0 Å². The van der Waals surface area contributed by atoms with Crippen LogP contribution in [0.1, 0.15) is 45.2 Å². The fraction of sp³-hybridized carbons (Fsp3) is 0.375. The van der Waals surface area contributed by atoms with E-state index in [9.17, 15) is 9.18 Å². The van der Waals surface area contributed by atoms with Gasteiger partial charge < -0.3 is 19.1 Å². The van der Waals surface area contributed by atoms with Crippen LogP contribution in [0.3, 0.4) is 0 Å². The number of carbonyl (C=O) groups is 1. The second-order valence-electron chi connectivity index (χ2n) is 8.81. The summed E-state index contributed by atoms with van der Waals surface area (Å²) in [6, 6.07) is 10.0.